The highest BCUT2D eigenvalue weighted by Crippen LogP contribution is 2.20. The summed E-state index contributed by atoms with van der Waals surface area (Å²) in [6, 6.07) is 1.96. The van der Waals surface area contributed by atoms with Crippen molar-refractivity contribution in [2.24, 2.45) is 0 Å². The lowest BCUT2D eigenvalue weighted by molar-refractivity contribution is -0.148. The number of nitrogens with one attached hydrogen (secondary N) is 1. The van der Waals surface area contributed by atoms with Crippen molar-refractivity contribution in [1.82, 2.24) is 15.3 Å². The summed E-state index contributed by atoms with van der Waals surface area (Å²) in [4.78, 5) is 20.7. The molecule has 1 heterocycles. The van der Waals surface area contributed by atoms with Gasteiger partial charge < -0.3 is 10.1 Å². The van der Waals surface area contributed by atoms with Gasteiger partial charge in [0.1, 0.15) is 5.54 Å². The average Bonchev–Trinajstić information content (AvgIpc) is 2.42. The zero-order valence-corrected chi connectivity index (χ0v) is 14.3. The number of carbonyl (C=O) groups is 1. The fraction of sp³-hybridized carbons (Fsp3) is 0.667. The third-order valence-corrected chi connectivity index (χ3v) is 4.15. The highest BCUT2D eigenvalue weighted by molar-refractivity contribution is 7.99. The molecule has 1 unspecified atom stereocenters. The standard InChI is InChI=1S/C15H25N3O2S/c1-6-16-15(4,13(19)20-5)8-7-9-21-14-17-11(2)10-12(3)18-14/h10,16H,6-9H2,1-5H3. The molecule has 1 N–H and O–H groups in total. The van der Waals surface area contributed by atoms with Gasteiger partial charge in [-0.25, -0.2) is 9.97 Å². The van der Waals surface area contributed by atoms with Gasteiger partial charge >= 0.3 is 5.97 Å². The van der Waals surface area contributed by atoms with E-state index in [1.54, 1.807) is 11.8 Å². The minimum Gasteiger partial charge on any atom is -0.468 e. The lowest BCUT2D eigenvalue weighted by atomic mass is 9.96. The Hall–Kier alpha value is -1.14. The number of aromatic nitrogens is 2. The second kappa shape index (κ2) is 8.34. The van der Waals surface area contributed by atoms with Gasteiger partial charge in [-0.1, -0.05) is 18.7 Å². The molecule has 118 valence electrons. The first kappa shape index (κ1) is 17.9. The molecule has 0 saturated heterocycles. The largest absolute Gasteiger partial charge is 0.468 e. The van der Waals surface area contributed by atoms with Crippen LogP contribution in [0.25, 0.3) is 0 Å². The van der Waals surface area contributed by atoms with E-state index in [0.717, 1.165) is 41.7 Å². The Kier molecular flexibility index (Phi) is 7.11. The van der Waals surface area contributed by atoms with Gasteiger partial charge in [0.15, 0.2) is 5.16 Å². The van der Waals surface area contributed by atoms with Crippen molar-refractivity contribution in [2.75, 3.05) is 19.4 Å². The Bertz CT molecular complexity index is 462. The van der Waals surface area contributed by atoms with Crippen molar-refractivity contribution in [3.8, 4) is 0 Å². The summed E-state index contributed by atoms with van der Waals surface area (Å²) < 4.78 is 4.88. The third-order valence-electron chi connectivity index (χ3n) is 3.22. The van der Waals surface area contributed by atoms with E-state index in [9.17, 15) is 4.79 Å². The van der Waals surface area contributed by atoms with E-state index in [-0.39, 0.29) is 5.97 Å². The van der Waals surface area contributed by atoms with Crippen LogP contribution in [-0.2, 0) is 9.53 Å². The smallest absolute Gasteiger partial charge is 0.325 e. The van der Waals surface area contributed by atoms with Gasteiger partial charge in [-0.15, -0.1) is 0 Å². The maximum Gasteiger partial charge on any atom is 0.325 e. The Balaban J connectivity index is 2.49. The SMILES string of the molecule is CCNC(C)(CCCSc1nc(C)cc(C)n1)C(=O)OC. The number of hydrogen-bond acceptors (Lipinski definition) is 6. The van der Waals surface area contributed by atoms with Crippen molar-refractivity contribution >= 4 is 17.7 Å². The van der Waals surface area contributed by atoms with Gasteiger partial charge in [0.05, 0.1) is 7.11 Å². The molecular formula is C15H25N3O2S. The van der Waals surface area contributed by atoms with Crippen LogP contribution in [0, 0.1) is 13.8 Å². The quantitative estimate of drug-likeness (QED) is 0.344. The summed E-state index contributed by atoms with van der Waals surface area (Å²) in [7, 11) is 1.43. The predicted octanol–water partition coefficient (Wildman–Crippen LogP) is 2.51. The lowest BCUT2D eigenvalue weighted by Crippen LogP contribution is -2.50. The maximum atomic E-state index is 11.9. The number of rotatable bonds is 8. The van der Waals surface area contributed by atoms with E-state index in [1.807, 2.05) is 33.8 Å². The zero-order valence-electron chi connectivity index (χ0n) is 13.5. The van der Waals surface area contributed by atoms with Gasteiger partial charge in [0.25, 0.3) is 0 Å². The topological polar surface area (TPSA) is 64.1 Å². The number of ether oxygens (including phenoxy) is 1. The Morgan fingerprint density at radius 1 is 1.38 bits per heavy atom. The van der Waals surface area contributed by atoms with Crippen molar-refractivity contribution in [3.63, 3.8) is 0 Å². The van der Waals surface area contributed by atoms with Gasteiger partial charge in [-0.2, -0.15) is 0 Å². The Labute approximate surface area is 131 Å². The molecule has 0 aromatic carbocycles. The number of likely N-dealkylation sites (N-methyl/N-ethyl adjacent to an activating group) is 1. The second-order valence-electron chi connectivity index (χ2n) is 5.24. The van der Waals surface area contributed by atoms with Crippen LogP contribution in [0.3, 0.4) is 0 Å². The molecule has 0 fully saturated rings. The van der Waals surface area contributed by atoms with E-state index < -0.39 is 5.54 Å². The summed E-state index contributed by atoms with van der Waals surface area (Å²) in [5, 5.41) is 4.01. The normalized spacial score (nSPS) is 13.8. The van der Waals surface area contributed by atoms with Crippen LogP contribution in [0.1, 0.15) is 38.1 Å². The molecule has 0 bridgehead atoms. The highest BCUT2D eigenvalue weighted by atomic mass is 32.2. The number of carbonyl (C=O) groups excluding carboxylic acids is 1. The fourth-order valence-corrected chi connectivity index (χ4v) is 3.11. The fourth-order valence-electron chi connectivity index (χ4n) is 2.23. The van der Waals surface area contributed by atoms with E-state index in [0.29, 0.717) is 0 Å². The minimum absolute atomic E-state index is 0.211. The Morgan fingerprint density at radius 2 is 2.00 bits per heavy atom. The number of esters is 1. The number of hydrogen-bond donors (Lipinski definition) is 1. The van der Waals surface area contributed by atoms with Crippen molar-refractivity contribution in [1.29, 1.82) is 0 Å². The first-order chi connectivity index (χ1) is 9.91. The van der Waals surface area contributed by atoms with Crippen LogP contribution in [0.15, 0.2) is 11.2 Å². The number of aryl methyl sites for hydroxylation is 2. The number of methoxy groups -OCH3 is 1. The molecule has 5 nitrogen and oxygen atoms in total. The summed E-state index contributed by atoms with van der Waals surface area (Å²) in [6.07, 6.45) is 1.62. The monoisotopic (exact) mass is 311 g/mol. The summed E-state index contributed by atoms with van der Waals surface area (Å²) in [6.45, 7) is 8.55. The minimum atomic E-state index is -0.618. The maximum absolute atomic E-state index is 11.9. The van der Waals surface area contributed by atoms with Crippen LogP contribution in [-0.4, -0.2) is 40.9 Å². The molecule has 0 aliphatic heterocycles. The van der Waals surface area contributed by atoms with Crippen LogP contribution < -0.4 is 5.32 Å². The van der Waals surface area contributed by atoms with E-state index in [2.05, 4.69) is 15.3 Å². The van der Waals surface area contributed by atoms with Crippen molar-refractivity contribution in [3.05, 3.63) is 17.5 Å². The van der Waals surface area contributed by atoms with E-state index in [4.69, 9.17) is 4.74 Å². The third kappa shape index (κ3) is 5.63. The first-order valence-corrected chi connectivity index (χ1v) is 8.18. The van der Waals surface area contributed by atoms with Gasteiger partial charge in [-0.3, -0.25) is 4.79 Å². The molecule has 0 saturated carbocycles. The molecule has 1 aromatic heterocycles. The molecule has 1 atom stereocenters. The summed E-state index contributed by atoms with van der Waals surface area (Å²) >= 11 is 1.62. The zero-order chi connectivity index (χ0) is 15.9. The Morgan fingerprint density at radius 3 is 2.52 bits per heavy atom. The van der Waals surface area contributed by atoms with E-state index >= 15 is 0 Å². The molecular weight excluding hydrogens is 286 g/mol. The molecule has 0 amide bonds. The van der Waals surface area contributed by atoms with Crippen LogP contribution >= 0.6 is 11.8 Å². The van der Waals surface area contributed by atoms with Gasteiger partial charge in [0, 0.05) is 17.1 Å². The first-order valence-electron chi connectivity index (χ1n) is 7.20. The molecule has 0 aliphatic carbocycles. The molecule has 0 aliphatic rings. The average molecular weight is 311 g/mol. The number of thioether (sulfide) groups is 1. The van der Waals surface area contributed by atoms with Crippen molar-refractivity contribution < 1.29 is 9.53 Å². The molecule has 0 spiro atoms. The summed E-state index contributed by atoms with van der Waals surface area (Å²) in [5.41, 5.74) is 1.35. The van der Waals surface area contributed by atoms with Crippen LogP contribution in [0.5, 0.6) is 0 Å². The lowest BCUT2D eigenvalue weighted by Gasteiger charge is -2.27. The molecule has 0 radical (unpaired) electrons. The van der Waals surface area contributed by atoms with E-state index in [1.165, 1.54) is 7.11 Å². The molecule has 1 aromatic rings. The van der Waals surface area contributed by atoms with Crippen molar-refractivity contribution in [2.45, 2.75) is 51.2 Å². The molecule has 21 heavy (non-hydrogen) atoms. The molecule has 1 rings (SSSR count). The van der Waals surface area contributed by atoms with Crippen LogP contribution in [0.2, 0.25) is 0 Å². The van der Waals surface area contributed by atoms with Gasteiger partial charge in [-0.05, 0) is 46.2 Å². The number of nitrogens with zero attached hydrogens (tertiary/aromatic N) is 2. The summed E-state index contributed by atoms with van der Waals surface area (Å²) in [5.74, 6) is 0.665. The second-order valence-corrected chi connectivity index (χ2v) is 6.30. The van der Waals surface area contributed by atoms with Gasteiger partial charge in [0.2, 0.25) is 0 Å². The van der Waals surface area contributed by atoms with Crippen LogP contribution in [0.4, 0.5) is 0 Å². The highest BCUT2D eigenvalue weighted by Gasteiger charge is 2.32. The molecule has 6 heteroatoms. The predicted molar refractivity (Wildman–Crippen MR) is 85.6 cm³/mol.